The molecule has 0 bridgehead atoms. The number of anilines is 1. The molecular weight excluding hydrogens is 331 g/mol. The Morgan fingerprint density at radius 2 is 1.86 bits per heavy atom. The minimum atomic E-state index is -0.572. The third-order valence-electron chi connectivity index (χ3n) is 3.06. The lowest BCUT2D eigenvalue weighted by Gasteiger charge is -2.18. The van der Waals surface area contributed by atoms with Crippen LogP contribution in [0.1, 0.15) is 28.9 Å². The number of rotatable bonds is 4. The number of amides is 1. The molecule has 0 saturated heterocycles. The Morgan fingerprint density at radius 1 is 1.14 bits per heavy atom. The highest BCUT2D eigenvalue weighted by atomic mass is 35.5. The molecule has 0 saturated carbocycles. The highest BCUT2D eigenvalue weighted by Gasteiger charge is 2.13. The minimum absolute atomic E-state index is 0.0990. The molecule has 3 N–H and O–H groups in total. The topological polar surface area (TPSA) is 55.1 Å². The second kappa shape index (κ2) is 6.56. The van der Waals surface area contributed by atoms with Gasteiger partial charge in [-0.1, -0.05) is 46.9 Å². The largest absolute Gasteiger partial charge is 0.378 e. The maximum atomic E-state index is 11.3. The van der Waals surface area contributed by atoms with Crippen molar-refractivity contribution >= 4 is 46.4 Å². The summed E-state index contributed by atoms with van der Waals surface area (Å²) in [5, 5.41) is 4.56. The van der Waals surface area contributed by atoms with Crippen molar-refractivity contribution in [3.05, 3.63) is 62.6 Å². The van der Waals surface area contributed by atoms with E-state index in [1.165, 1.54) is 0 Å². The lowest BCUT2D eigenvalue weighted by Crippen LogP contribution is -2.13. The number of primary amides is 1. The molecule has 2 rings (SSSR count). The molecule has 0 radical (unpaired) electrons. The number of nitrogens with one attached hydrogen (secondary N) is 1. The van der Waals surface area contributed by atoms with Crippen LogP contribution in [0.3, 0.4) is 0 Å². The first-order chi connectivity index (χ1) is 9.90. The van der Waals surface area contributed by atoms with E-state index >= 15 is 0 Å². The van der Waals surface area contributed by atoms with E-state index in [1.54, 1.807) is 24.3 Å². The molecule has 6 heteroatoms. The second-order valence-electron chi connectivity index (χ2n) is 4.57. The standard InChI is InChI=1S/C15H13Cl3N2O/c1-8(10-3-2-4-13(17)14(10)18)20-9-5-6-12(16)11(7-9)15(19)21/h2-8,20H,1H3,(H2,19,21). The van der Waals surface area contributed by atoms with Crippen molar-refractivity contribution in [2.75, 3.05) is 5.32 Å². The van der Waals surface area contributed by atoms with Gasteiger partial charge in [-0.3, -0.25) is 4.79 Å². The smallest absolute Gasteiger partial charge is 0.250 e. The lowest BCUT2D eigenvalue weighted by atomic mass is 10.1. The van der Waals surface area contributed by atoms with Gasteiger partial charge in [0.25, 0.3) is 0 Å². The van der Waals surface area contributed by atoms with Gasteiger partial charge in [0.15, 0.2) is 0 Å². The van der Waals surface area contributed by atoms with Crippen LogP contribution in [0.4, 0.5) is 5.69 Å². The van der Waals surface area contributed by atoms with Crippen LogP contribution in [0, 0.1) is 0 Å². The van der Waals surface area contributed by atoms with Gasteiger partial charge in [0.05, 0.1) is 26.7 Å². The van der Waals surface area contributed by atoms with Gasteiger partial charge >= 0.3 is 0 Å². The molecule has 0 spiro atoms. The number of carbonyl (C=O) groups excluding carboxylic acids is 1. The molecule has 0 fully saturated rings. The van der Waals surface area contributed by atoms with Crippen molar-refractivity contribution in [2.24, 2.45) is 5.73 Å². The summed E-state index contributed by atoms with van der Waals surface area (Å²) >= 11 is 18.1. The molecule has 21 heavy (non-hydrogen) atoms. The quantitative estimate of drug-likeness (QED) is 0.828. The van der Waals surface area contributed by atoms with Gasteiger partial charge in [-0.25, -0.2) is 0 Å². The summed E-state index contributed by atoms with van der Waals surface area (Å²) in [6, 6.07) is 10.3. The molecule has 2 aromatic rings. The van der Waals surface area contributed by atoms with Gasteiger partial charge in [-0.05, 0) is 36.8 Å². The van der Waals surface area contributed by atoms with Gasteiger partial charge in [0.1, 0.15) is 0 Å². The molecule has 0 aliphatic carbocycles. The number of hydrogen-bond acceptors (Lipinski definition) is 2. The highest BCUT2D eigenvalue weighted by molar-refractivity contribution is 6.42. The fourth-order valence-electron chi connectivity index (χ4n) is 1.99. The number of benzene rings is 2. The van der Waals surface area contributed by atoms with Crippen molar-refractivity contribution in [3.8, 4) is 0 Å². The average Bonchev–Trinajstić information content (AvgIpc) is 2.43. The number of nitrogens with two attached hydrogens (primary N) is 1. The van der Waals surface area contributed by atoms with Gasteiger partial charge in [-0.2, -0.15) is 0 Å². The van der Waals surface area contributed by atoms with E-state index in [2.05, 4.69) is 5.32 Å². The van der Waals surface area contributed by atoms with Crippen LogP contribution < -0.4 is 11.1 Å². The Morgan fingerprint density at radius 3 is 2.52 bits per heavy atom. The van der Waals surface area contributed by atoms with E-state index < -0.39 is 5.91 Å². The van der Waals surface area contributed by atoms with E-state index in [4.69, 9.17) is 40.5 Å². The molecule has 1 atom stereocenters. The van der Waals surface area contributed by atoms with E-state index in [0.717, 1.165) is 11.3 Å². The fraction of sp³-hybridized carbons (Fsp3) is 0.133. The maximum Gasteiger partial charge on any atom is 0.250 e. The van der Waals surface area contributed by atoms with Gasteiger partial charge in [0, 0.05) is 5.69 Å². The summed E-state index contributed by atoms with van der Waals surface area (Å²) in [6.07, 6.45) is 0. The Hall–Kier alpha value is -1.42. The zero-order chi connectivity index (χ0) is 15.6. The summed E-state index contributed by atoms with van der Waals surface area (Å²) < 4.78 is 0. The van der Waals surface area contributed by atoms with E-state index in [0.29, 0.717) is 15.1 Å². The van der Waals surface area contributed by atoms with E-state index in [-0.39, 0.29) is 11.6 Å². The summed E-state index contributed by atoms with van der Waals surface area (Å²) in [7, 11) is 0. The first-order valence-electron chi connectivity index (χ1n) is 6.20. The zero-order valence-corrected chi connectivity index (χ0v) is 13.4. The third kappa shape index (κ3) is 3.62. The summed E-state index contributed by atoms with van der Waals surface area (Å²) in [5.74, 6) is -0.572. The minimum Gasteiger partial charge on any atom is -0.378 e. The van der Waals surface area contributed by atoms with Gasteiger partial charge in [-0.15, -0.1) is 0 Å². The Bertz CT molecular complexity index is 689. The van der Waals surface area contributed by atoms with Crippen molar-refractivity contribution in [2.45, 2.75) is 13.0 Å². The first-order valence-corrected chi connectivity index (χ1v) is 7.33. The van der Waals surface area contributed by atoms with E-state index in [9.17, 15) is 4.79 Å². The predicted molar refractivity (Wildman–Crippen MR) is 88.5 cm³/mol. The van der Waals surface area contributed by atoms with Crippen molar-refractivity contribution < 1.29 is 4.79 Å². The summed E-state index contributed by atoms with van der Waals surface area (Å²) in [5.41, 5.74) is 7.13. The molecule has 0 aliphatic heterocycles. The van der Waals surface area contributed by atoms with Crippen LogP contribution in [0.25, 0.3) is 0 Å². The normalized spacial score (nSPS) is 12.0. The molecular formula is C15H13Cl3N2O. The van der Waals surface area contributed by atoms with Crippen LogP contribution in [0.2, 0.25) is 15.1 Å². The molecule has 2 aromatic carbocycles. The Kier molecular flexibility index (Phi) is 4.99. The third-order valence-corrected chi connectivity index (χ3v) is 4.23. The molecule has 1 amide bonds. The monoisotopic (exact) mass is 342 g/mol. The van der Waals surface area contributed by atoms with Crippen LogP contribution >= 0.6 is 34.8 Å². The molecule has 0 heterocycles. The van der Waals surface area contributed by atoms with Crippen molar-refractivity contribution in [1.29, 1.82) is 0 Å². The molecule has 3 nitrogen and oxygen atoms in total. The SMILES string of the molecule is CC(Nc1ccc(Cl)c(C(N)=O)c1)c1cccc(Cl)c1Cl. The Balaban J connectivity index is 2.27. The first kappa shape index (κ1) is 16.0. The number of hydrogen-bond donors (Lipinski definition) is 2. The van der Waals surface area contributed by atoms with Crippen molar-refractivity contribution in [3.63, 3.8) is 0 Å². The number of carbonyl (C=O) groups is 1. The van der Waals surface area contributed by atoms with Crippen LogP contribution in [-0.2, 0) is 0 Å². The van der Waals surface area contributed by atoms with Gasteiger partial charge < -0.3 is 11.1 Å². The van der Waals surface area contributed by atoms with Gasteiger partial charge in [0.2, 0.25) is 5.91 Å². The summed E-state index contributed by atoms with van der Waals surface area (Å²) in [6.45, 7) is 1.94. The lowest BCUT2D eigenvalue weighted by molar-refractivity contribution is 0.100. The summed E-state index contributed by atoms with van der Waals surface area (Å²) in [4.78, 5) is 11.3. The second-order valence-corrected chi connectivity index (χ2v) is 5.76. The molecule has 0 aromatic heterocycles. The Labute approximate surface area is 138 Å². The van der Waals surface area contributed by atoms with Crippen LogP contribution in [0.15, 0.2) is 36.4 Å². The maximum absolute atomic E-state index is 11.3. The van der Waals surface area contributed by atoms with Crippen LogP contribution in [-0.4, -0.2) is 5.91 Å². The molecule has 1 unspecified atom stereocenters. The van der Waals surface area contributed by atoms with Crippen LogP contribution in [0.5, 0.6) is 0 Å². The highest BCUT2D eigenvalue weighted by Crippen LogP contribution is 2.32. The predicted octanol–water partition coefficient (Wildman–Crippen LogP) is 4.92. The fourth-order valence-corrected chi connectivity index (χ4v) is 2.67. The molecule has 0 aliphatic rings. The zero-order valence-electron chi connectivity index (χ0n) is 11.2. The number of halogens is 3. The average molecular weight is 344 g/mol. The van der Waals surface area contributed by atoms with E-state index in [1.807, 2.05) is 19.1 Å². The molecule has 110 valence electrons. The van der Waals surface area contributed by atoms with Crippen molar-refractivity contribution in [1.82, 2.24) is 0 Å².